The fourth-order valence-corrected chi connectivity index (χ4v) is 2.51. The van der Waals surface area contributed by atoms with Crippen LogP contribution in [-0.2, 0) is 27.2 Å². The van der Waals surface area contributed by atoms with Crippen molar-refractivity contribution in [3.63, 3.8) is 0 Å². The summed E-state index contributed by atoms with van der Waals surface area (Å²) in [6.45, 7) is 0. The molecule has 0 aromatic rings. The first-order valence-corrected chi connectivity index (χ1v) is 8.27. The minimum absolute atomic E-state index is 0.00352. The summed E-state index contributed by atoms with van der Waals surface area (Å²) in [5.41, 5.74) is 6.40. The minimum atomic E-state index is -0.00352. The van der Waals surface area contributed by atoms with Crippen molar-refractivity contribution in [3.05, 3.63) is 29.7 Å². The van der Waals surface area contributed by atoms with Crippen molar-refractivity contribution in [1.29, 1.82) is 0 Å². The van der Waals surface area contributed by atoms with Crippen LogP contribution >= 0.6 is 10.2 Å². The molecule has 2 rings (SSSR count). The molecule has 2 aliphatic rings. The number of hydrogen-bond acceptors (Lipinski definition) is 3. The van der Waals surface area contributed by atoms with Crippen molar-refractivity contribution in [1.82, 2.24) is 0 Å². The third-order valence-electron chi connectivity index (χ3n) is 3.33. The summed E-state index contributed by atoms with van der Waals surface area (Å²) >= 11 is 8.11. The van der Waals surface area contributed by atoms with Crippen LogP contribution < -0.4 is 5.73 Å². The monoisotopic (exact) mass is 355 g/mol. The molecule has 0 amide bonds. The average molecular weight is 357 g/mol. The first-order valence-electron chi connectivity index (χ1n) is 6.50. The molecule has 1 fully saturated rings. The molecule has 1 saturated carbocycles. The molecule has 0 spiro atoms. The first kappa shape index (κ1) is 17.5. The van der Waals surface area contributed by atoms with E-state index in [-0.39, 0.29) is 11.2 Å². The van der Waals surface area contributed by atoms with Gasteiger partial charge in [-0.3, -0.25) is 0 Å². The van der Waals surface area contributed by atoms with Gasteiger partial charge in [0.15, 0.2) is 0 Å². The van der Waals surface area contributed by atoms with Crippen LogP contribution in [0.3, 0.4) is 0 Å². The number of allylic oxidation sites excluding steroid dienone is 2. The summed E-state index contributed by atoms with van der Waals surface area (Å²) in [5.74, 6) is 0.460. The molecule has 20 heavy (non-hydrogen) atoms. The topological polar surface area (TPSA) is 64.8 Å². The second-order valence-corrected chi connectivity index (χ2v) is 5.04. The van der Waals surface area contributed by atoms with Gasteiger partial charge in [0.25, 0.3) is 0 Å². The molecule has 1 aliphatic heterocycles. The Balaban J connectivity index is 0.000000956. The molecule has 0 aromatic heterocycles. The quantitative estimate of drug-likeness (QED) is 0.277. The van der Waals surface area contributed by atoms with E-state index in [4.69, 9.17) is 18.4 Å². The van der Waals surface area contributed by atoms with Crippen LogP contribution in [0, 0.1) is 5.92 Å². The number of nitrogens with two attached hydrogens (primary N) is 1. The van der Waals surface area contributed by atoms with E-state index < -0.39 is 0 Å². The van der Waals surface area contributed by atoms with Gasteiger partial charge in [-0.2, -0.15) is 16.4 Å². The average Bonchev–Trinajstić information content (AvgIpc) is 2.51. The van der Waals surface area contributed by atoms with Gasteiger partial charge in [0, 0.05) is 5.71 Å². The molecule has 1 unspecified atom stereocenters. The van der Waals surface area contributed by atoms with Crippen LogP contribution in [-0.4, -0.2) is 16.9 Å². The molecule has 0 aromatic carbocycles. The van der Waals surface area contributed by atoms with E-state index in [0.29, 0.717) is 5.92 Å². The molecule has 0 radical (unpaired) electrons. The molecule has 7 heteroatoms. The van der Waals surface area contributed by atoms with E-state index in [2.05, 4.69) is 40.3 Å². The first-order chi connectivity index (χ1) is 9.77. The molecule has 115 valence electrons. The van der Waals surface area contributed by atoms with Gasteiger partial charge in [0.1, 0.15) is 0 Å². The fraction of sp³-hybridized carbons (Fsp3) is 0.538. The Morgan fingerprint density at radius 2 is 1.90 bits per heavy atom. The summed E-state index contributed by atoms with van der Waals surface area (Å²) in [5, 5.41) is 12.6. The van der Waals surface area contributed by atoms with Crippen LogP contribution in [0.1, 0.15) is 32.1 Å². The Kier molecular flexibility index (Phi) is 8.91. The van der Waals surface area contributed by atoms with E-state index in [1.165, 1.54) is 19.3 Å². The third kappa shape index (κ3) is 5.82. The molecular formula is C13H18ClN4NiS-2. The van der Waals surface area contributed by atoms with Crippen LogP contribution in [0.15, 0.2) is 34.6 Å². The number of hydrogen-bond donors (Lipinski definition) is 1. The van der Waals surface area contributed by atoms with Gasteiger partial charge in [-0.1, -0.05) is 43.5 Å². The number of halogens is 1. The standard InChI is InChI=1S/C13H19N4S.ClH.Ni/c14-13(18)17-16-12(10-6-2-1-3-7-10)11-8-4-5-9-15-11;;/h4-5,8-11H,1-3,6-7H2,(H3,14,17,18);1H;/q-1;;+1/p-2. The van der Waals surface area contributed by atoms with Crippen LogP contribution in [0.5, 0.6) is 0 Å². The SMILES string of the molecule is NC([S-])=NN=C(C1CCCCC1)C1C=CC=C[N-]1.[Cl][Ni]. The predicted molar refractivity (Wildman–Crippen MR) is 84.3 cm³/mol. The Bertz CT molecular complexity index is 399. The van der Waals surface area contributed by atoms with Gasteiger partial charge in [-0.15, -0.1) is 0 Å². The molecule has 0 bridgehead atoms. The molecular weight excluding hydrogens is 338 g/mol. The summed E-state index contributed by atoms with van der Waals surface area (Å²) in [6.07, 6.45) is 13.9. The van der Waals surface area contributed by atoms with Crippen molar-refractivity contribution >= 4 is 33.7 Å². The van der Waals surface area contributed by atoms with E-state index in [0.717, 1.165) is 18.6 Å². The maximum absolute atomic E-state index is 5.39. The summed E-state index contributed by atoms with van der Waals surface area (Å²) in [7, 11) is 4.26. The molecule has 1 aliphatic carbocycles. The van der Waals surface area contributed by atoms with Crippen molar-refractivity contribution in [2.24, 2.45) is 21.9 Å². The van der Waals surface area contributed by atoms with Gasteiger partial charge >= 0.3 is 24.8 Å². The molecule has 1 heterocycles. The second kappa shape index (κ2) is 10.2. The number of amidine groups is 1. The van der Waals surface area contributed by atoms with Crippen LogP contribution in [0.2, 0.25) is 0 Å². The van der Waals surface area contributed by atoms with Crippen molar-refractivity contribution < 1.29 is 14.6 Å². The van der Waals surface area contributed by atoms with Gasteiger partial charge in [-0.25, -0.2) is 0 Å². The van der Waals surface area contributed by atoms with E-state index in [9.17, 15) is 0 Å². The zero-order valence-electron chi connectivity index (χ0n) is 11.0. The van der Waals surface area contributed by atoms with Crippen molar-refractivity contribution in [2.45, 2.75) is 38.1 Å². The predicted octanol–water partition coefficient (Wildman–Crippen LogP) is 3.30. The summed E-state index contributed by atoms with van der Waals surface area (Å²) in [4.78, 5) is 0. The van der Waals surface area contributed by atoms with E-state index >= 15 is 0 Å². The van der Waals surface area contributed by atoms with Gasteiger partial charge in [0.05, 0.1) is 0 Å². The second-order valence-electron chi connectivity index (χ2n) is 4.62. The Labute approximate surface area is 138 Å². The number of rotatable bonds is 3. The van der Waals surface area contributed by atoms with Gasteiger partial charge < -0.3 is 23.7 Å². The number of nitrogens with zero attached hydrogens (tertiary/aromatic N) is 3. The van der Waals surface area contributed by atoms with Gasteiger partial charge in [-0.05, 0) is 23.9 Å². The van der Waals surface area contributed by atoms with Crippen molar-refractivity contribution in [2.75, 3.05) is 0 Å². The Hall–Kier alpha value is -0.576. The van der Waals surface area contributed by atoms with E-state index in [1.54, 1.807) is 0 Å². The molecule has 0 saturated heterocycles. The fourth-order valence-electron chi connectivity index (χ4n) is 2.47. The zero-order valence-corrected chi connectivity index (χ0v) is 13.6. The third-order valence-corrected chi connectivity index (χ3v) is 3.41. The molecule has 2 N–H and O–H groups in total. The van der Waals surface area contributed by atoms with Gasteiger partial charge in [0.2, 0.25) is 0 Å². The van der Waals surface area contributed by atoms with E-state index in [1.807, 2.05) is 24.4 Å². The van der Waals surface area contributed by atoms with Crippen LogP contribution in [0.4, 0.5) is 0 Å². The Morgan fingerprint density at radius 3 is 2.45 bits per heavy atom. The van der Waals surface area contributed by atoms with Crippen LogP contribution in [0.25, 0.3) is 5.32 Å². The normalized spacial score (nSPS) is 23.9. The molecule has 1 atom stereocenters. The van der Waals surface area contributed by atoms with Crippen molar-refractivity contribution in [3.8, 4) is 0 Å². The zero-order chi connectivity index (χ0) is 14.8. The molecule has 4 nitrogen and oxygen atoms in total. The summed E-state index contributed by atoms with van der Waals surface area (Å²) < 4.78 is 0. The Morgan fingerprint density at radius 1 is 1.20 bits per heavy atom. The maximum atomic E-state index is 5.39. The summed E-state index contributed by atoms with van der Waals surface area (Å²) in [6, 6.07) is -0.00352.